The van der Waals surface area contributed by atoms with Crippen LogP contribution in [0.15, 0.2) is 24.3 Å². The van der Waals surface area contributed by atoms with Crippen molar-refractivity contribution in [3.63, 3.8) is 0 Å². The minimum absolute atomic E-state index is 0.284. The molecule has 1 aromatic carbocycles. The van der Waals surface area contributed by atoms with Crippen LogP contribution >= 0.6 is 24.2 Å². The minimum atomic E-state index is -0.743. The zero-order valence-electron chi connectivity index (χ0n) is 11.0. The molecule has 0 fully saturated rings. The Labute approximate surface area is 123 Å². The van der Waals surface area contributed by atoms with Crippen molar-refractivity contribution in [3.05, 3.63) is 29.3 Å². The van der Waals surface area contributed by atoms with Gasteiger partial charge in [-0.1, -0.05) is 17.7 Å². The van der Waals surface area contributed by atoms with Crippen LogP contribution in [0, 0.1) is 0 Å². The van der Waals surface area contributed by atoms with Crippen molar-refractivity contribution in [1.82, 2.24) is 5.32 Å². The van der Waals surface area contributed by atoms with Gasteiger partial charge in [0.2, 0.25) is 11.8 Å². The van der Waals surface area contributed by atoms with Crippen molar-refractivity contribution >= 4 is 41.7 Å². The largest absolute Gasteiger partial charge is 0.343 e. The molecule has 0 saturated heterocycles. The predicted molar refractivity (Wildman–Crippen MR) is 80.8 cm³/mol. The monoisotopic (exact) mass is 300 g/mol. The van der Waals surface area contributed by atoms with Crippen molar-refractivity contribution in [2.24, 2.45) is 0 Å². The summed E-state index contributed by atoms with van der Waals surface area (Å²) in [6.07, 6.45) is 0. The second-order valence-corrected chi connectivity index (χ2v) is 6.38. The normalized spacial score (nSPS) is 12.7. The number of rotatable bonds is 4. The maximum Gasteiger partial charge on any atom is 0.248 e. The number of amides is 2. The summed E-state index contributed by atoms with van der Waals surface area (Å²) < 4.78 is -0.686. The predicted octanol–water partition coefficient (Wildman–Crippen LogP) is 2.49. The molecule has 1 rings (SSSR count). The summed E-state index contributed by atoms with van der Waals surface area (Å²) in [4.78, 5) is 23.4. The quantitative estimate of drug-likeness (QED) is 0.748. The molecule has 0 aliphatic heterocycles. The van der Waals surface area contributed by atoms with E-state index in [0.29, 0.717) is 10.7 Å². The van der Waals surface area contributed by atoms with Crippen LogP contribution in [0.3, 0.4) is 0 Å². The number of anilines is 1. The van der Waals surface area contributed by atoms with E-state index in [-0.39, 0.29) is 11.8 Å². The lowest BCUT2D eigenvalue weighted by molar-refractivity contribution is -0.125. The van der Waals surface area contributed by atoms with E-state index in [9.17, 15) is 9.59 Å². The molecule has 0 aromatic heterocycles. The SMILES string of the molecule is CC(=O)NC(C(=O)Nc1cccc(Cl)c1)C(C)(C)S. The number of halogens is 1. The van der Waals surface area contributed by atoms with Crippen LogP contribution in [-0.4, -0.2) is 22.6 Å². The molecule has 1 unspecified atom stereocenters. The highest BCUT2D eigenvalue weighted by atomic mass is 35.5. The molecule has 19 heavy (non-hydrogen) atoms. The van der Waals surface area contributed by atoms with Gasteiger partial charge in [-0.3, -0.25) is 9.59 Å². The summed E-state index contributed by atoms with van der Waals surface area (Å²) in [5.41, 5.74) is 0.574. The van der Waals surface area contributed by atoms with E-state index >= 15 is 0 Å². The zero-order chi connectivity index (χ0) is 14.6. The van der Waals surface area contributed by atoms with Crippen molar-refractivity contribution in [2.45, 2.75) is 31.6 Å². The lowest BCUT2D eigenvalue weighted by Gasteiger charge is -2.29. The Morgan fingerprint density at radius 1 is 1.37 bits per heavy atom. The Kier molecular flexibility index (Phi) is 5.26. The number of benzene rings is 1. The number of nitrogens with one attached hydrogen (secondary N) is 2. The van der Waals surface area contributed by atoms with Gasteiger partial charge in [0, 0.05) is 22.4 Å². The summed E-state index contributed by atoms with van der Waals surface area (Å²) in [7, 11) is 0. The van der Waals surface area contributed by atoms with Crippen molar-refractivity contribution < 1.29 is 9.59 Å². The second-order valence-electron chi connectivity index (χ2n) is 4.79. The number of carbonyl (C=O) groups excluding carboxylic acids is 2. The third kappa shape index (κ3) is 5.12. The summed E-state index contributed by atoms with van der Waals surface area (Å²) in [6, 6.07) is 6.06. The lowest BCUT2D eigenvalue weighted by atomic mass is 10.0. The van der Waals surface area contributed by atoms with Gasteiger partial charge in [-0.25, -0.2) is 0 Å². The molecular formula is C13H17ClN2O2S. The molecule has 6 heteroatoms. The highest BCUT2D eigenvalue weighted by molar-refractivity contribution is 7.81. The van der Waals surface area contributed by atoms with Crippen molar-refractivity contribution in [2.75, 3.05) is 5.32 Å². The molecule has 0 aliphatic carbocycles. The second kappa shape index (κ2) is 6.30. The standard InChI is InChI=1S/C13H17ClN2O2S/c1-8(17)15-11(13(2,3)19)12(18)16-10-6-4-5-9(14)7-10/h4-7,11,19H,1-3H3,(H,15,17)(H,16,18). The molecule has 2 amide bonds. The Balaban J connectivity index is 2.86. The van der Waals surface area contributed by atoms with E-state index in [2.05, 4.69) is 23.3 Å². The number of hydrogen-bond donors (Lipinski definition) is 3. The topological polar surface area (TPSA) is 58.2 Å². The summed E-state index contributed by atoms with van der Waals surface area (Å²) in [5.74, 6) is -0.620. The Bertz CT molecular complexity index is 486. The van der Waals surface area contributed by atoms with Crippen molar-refractivity contribution in [3.8, 4) is 0 Å². The molecule has 0 radical (unpaired) electrons. The summed E-state index contributed by atoms with van der Waals surface area (Å²) >= 11 is 10.2. The van der Waals surface area contributed by atoms with Crippen LogP contribution in [0.25, 0.3) is 0 Å². The van der Waals surface area contributed by atoms with Gasteiger partial charge in [0.15, 0.2) is 0 Å². The van der Waals surface area contributed by atoms with E-state index in [1.54, 1.807) is 38.1 Å². The maximum absolute atomic E-state index is 12.2. The van der Waals surface area contributed by atoms with E-state index < -0.39 is 10.8 Å². The van der Waals surface area contributed by atoms with Gasteiger partial charge in [0.05, 0.1) is 0 Å². The summed E-state index contributed by atoms with van der Waals surface area (Å²) in [5, 5.41) is 5.83. The average Bonchev–Trinajstić information content (AvgIpc) is 2.24. The van der Waals surface area contributed by atoms with Crippen LogP contribution in [-0.2, 0) is 9.59 Å². The van der Waals surface area contributed by atoms with Gasteiger partial charge in [0.1, 0.15) is 6.04 Å². The minimum Gasteiger partial charge on any atom is -0.343 e. The molecule has 4 nitrogen and oxygen atoms in total. The molecule has 0 heterocycles. The average molecular weight is 301 g/mol. The van der Waals surface area contributed by atoms with Crippen LogP contribution in [0.2, 0.25) is 5.02 Å². The van der Waals surface area contributed by atoms with Gasteiger partial charge >= 0.3 is 0 Å². The smallest absolute Gasteiger partial charge is 0.248 e. The molecular weight excluding hydrogens is 284 g/mol. The fourth-order valence-corrected chi connectivity index (χ4v) is 1.92. The third-order valence-corrected chi connectivity index (χ3v) is 2.90. The lowest BCUT2D eigenvalue weighted by Crippen LogP contribution is -2.53. The molecule has 0 aliphatic rings. The van der Waals surface area contributed by atoms with Gasteiger partial charge < -0.3 is 10.6 Å². The molecule has 104 valence electrons. The maximum atomic E-state index is 12.2. The Morgan fingerprint density at radius 2 is 2.00 bits per heavy atom. The number of carbonyl (C=O) groups is 2. The van der Waals surface area contributed by atoms with Crippen molar-refractivity contribution in [1.29, 1.82) is 0 Å². The highest BCUT2D eigenvalue weighted by Gasteiger charge is 2.33. The first-order valence-corrected chi connectivity index (χ1v) is 6.58. The fraction of sp³-hybridized carbons (Fsp3) is 0.385. The Hall–Kier alpha value is -1.20. The molecule has 1 aromatic rings. The molecule has 0 bridgehead atoms. The fourth-order valence-electron chi connectivity index (χ4n) is 1.55. The summed E-state index contributed by atoms with van der Waals surface area (Å²) in [6.45, 7) is 4.88. The molecule has 0 spiro atoms. The van der Waals surface area contributed by atoms with Gasteiger partial charge in [0.25, 0.3) is 0 Å². The molecule has 2 N–H and O–H groups in total. The first kappa shape index (κ1) is 15.9. The number of hydrogen-bond acceptors (Lipinski definition) is 3. The van der Waals surface area contributed by atoms with E-state index in [1.165, 1.54) is 6.92 Å². The molecule has 0 saturated carbocycles. The zero-order valence-corrected chi connectivity index (χ0v) is 12.7. The third-order valence-electron chi connectivity index (χ3n) is 2.41. The van der Waals surface area contributed by atoms with Gasteiger partial charge in [-0.05, 0) is 32.0 Å². The van der Waals surface area contributed by atoms with E-state index in [0.717, 1.165) is 0 Å². The number of thiol groups is 1. The van der Waals surface area contributed by atoms with Crippen LogP contribution in [0.1, 0.15) is 20.8 Å². The first-order valence-electron chi connectivity index (χ1n) is 5.76. The highest BCUT2D eigenvalue weighted by Crippen LogP contribution is 2.20. The van der Waals surface area contributed by atoms with Crippen LogP contribution in [0.5, 0.6) is 0 Å². The van der Waals surface area contributed by atoms with E-state index in [4.69, 9.17) is 11.6 Å². The molecule has 1 atom stereocenters. The van der Waals surface area contributed by atoms with Crippen LogP contribution in [0.4, 0.5) is 5.69 Å². The van der Waals surface area contributed by atoms with Gasteiger partial charge in [-0.2, -0.15) is 12.6 Å². The van der Waals surface area contributed by atoms with E-state index in [1.807, 2.05) is 0 Å². The van der Waals surface area contributed by atoms with Gasteiger partial charge in [-0.15, -0.1) is 0 Å². The Morgan fingerprint density at radius 3 is 2.47 bits per heavy atom. The van der Waals surface area contributed by atoms with Crippen LogP contribution < -0.4 is 10.6 Å². The first-order chi connectivity index (χ1) is 8.70.